The summed E-state index contributed by atoms with van der Waals surface area (Å²) in [6.07, 6.45) is 4.94. The van der Waals surface area contributed by atoms with Gasteiger partial charge in [0.15, 0.2) is 5.78 Å². The highest BCUT2D eigenvalue weighted by atomic mass is 19.1. The number of carbonyl (C=O) groups excluding carboxylic acids is 1. The van der Waals surface area contributed by atoms with E-state index in [0.29, 0.717) is 36.0 Å². The summed E-state index contributed by atoms with van der Waals surface area (Å²) < 4.78 is 33.3. The number of ether oxygens (including phenoxy) is 1. The molecular formula is C30H32F2N6O3. The van der Waals surface area contributed by atoms with E-state index >= 15 is 0 Å². The Labute approximate surface area is 236 Å². The van der Waals surface area contributed by atoms with Gasteiger partial charge in [-0.15, -0.1) is 0 Å². The molecule has 2 aromatic carbocycles. The molecule has 2 aliphatic rings. The number of fused-ring (bicyclic) bond motifs is 1. The van der Waals surface area contributed by atoms with E-state index in [9.17, 15) is 18.7 Å². The molecule has 41 heavy (non-hydrogen) atoms. The van der Waals surface area contributed by atoms with Gasteiger partial charge in [0.1, 0.15) is 23.1 Å². The molecule has 1 saturated heterocycles. The minimum Gasteiger partial charge on any atom is -0.396 e. The highest BCUT2D eigenvalue weighted by molar-refractivity contribution is 6.18. The fourth-order valence-corrected chi connectivity index (χ4v) is 5.60. The average Bonchev–Trinajstić information content (AvgIpc) is 3.42. The number of aromatic nitrogens is 3. The number of H-pyrrole nitrogens is 1. The molecule has 0 unspecified atom stereocenters. The summed E-state index contributed by atoms with van der Waals surface area (Å²) >= 11 is 0. The third-order valence-corrected chi connectivity index (χ3v) is 7.85. The second-order valence-corrected chi connectivity index (χ2v) is 10.6. The number of nitrogens with one attached hydrogen (secondary N) is 3. The molecule has 0 bridgehead atoms. The number of aliphatic hydroxyl groups excluding tert-OH is 1. The Balaban J connectivity index is 1.32. The first kappa shape index (κ1) is 27.1. The first-order chi connectivity index (χ1) is 20.0. The van der Waals surface area contributed by atoms with Gasteiger partial charge in [-0.2, -0.15) is 9.97 Å². The van der Waals surface area contributed by atoms with Crippen molar-refractivity contribution in [3.8, 4) is 0 Å². The summed E-state index contributed by atoms with van der Waals surface area (Å²) in [5.74, 6) is -1.12. The number of anilines is 4. The maximum Gasteiger partial charge on any atom is 0.231 e. The van der Waals surface area contributed by atoms with Gasteiger partial charge in [0.05, 0.1) is 24.2 Å². The molecule has 0 atom stereocenters. The van der Waals surface area contributed by atoms with Gasteiger partial charge in [0, 0.05) is 54.9 Å². The maximum atomic E-state index is 13.9. The van der Waals surface area contributed by atoms with Crippen LogP contribution in [0, 0.1) is 17.6 Å². The van der Waals surface area contributed by atoms with Crippen molar-refractivity contribution in [2.45, 2.75) is 31.7 Å². The molecule has 4 aromatic rings. The third kappa shape index (κ3) is 6.01. The third-order valence-electron chi connectivity index (χ3n) is 7.85. The number of benzene rings is 2. The number of carbonyl (C=O) groups is 1. The minimum atomic E-state index is -0.824. The van der Waals surface area contributed by atoms with Crippen LogP contribution in [0.5, 0.6) is 0 Å². The highest BCUT2D eigenvalue weighted by Crippen LogP contribution is 2.32. The van der Waals surface area contributed by atoms with Crippen LogP contribution in [0.3, 0.4) is 0 Å². The number of morpholine rings is 1. The molecular weight excluding hydrogens is 530 g/mol. The SMILES string of the molecule is O=C(c1cc(F)cc(F)c1)c1c[nH]c2nc(Nc3ccc(N4CCOCC4)cc3)nc(NC3CCC(CO)CC3)c12. The zero-order valence-electron chi connectivity index (χ0n) is 22.5. The molecule has 214 valence electrons. The lowest BCUT2D eigenvalue weighted by Crippen LogP contribution is -2.36. The van der Waals surface area contributed by atoms with Crippen molar-refractivity contribution in [3.05, 3.63) is 71.4 Å². The number of halogens is 2. The van der Waals surface area contributed by atoms with E-state index in [1.165, 1.54) is 6.20 Å². The summed E-state index contributed by atoms with van der Waals surface area (Å²) in [4.78, 5) is 28.1. The van der Waals surface area contributed by atoms with E-state index in [1.54, 1.807) is 0 Å². The van der Waals surface area contributed by atoms with Crippen molar-refractivity contribution in [2.24, 2.45) is 5.92 Å². The lowest BCUT2D eigenvalue weighted by molar-refractivity contribution is 0.103. The standard InChI is InChI=1S/C30H32F2N6O3/c31-20-13-19(14-21(32)15-20)27(40)25-16-33-28-26(25)29(34-22-3-1-18(17-39)2-4-22)37-30(36-28)35-23-5-7-24(8-6-23)38-9-11-41-12-10-38/h5-8,13-16,18,22,39H,1-4,9-12,17H2,(H3,33,34,35,36,37). The fourth-order valence-electron chi connectivity index (χ4n) is 5.60. The molecule has 3 heterocycles. The van der Waals surface area contributed by atoms with Crippen LogP contribution >= 0.6 is 0 Å². The number of hydrogen-bond donors (Lipinski definition) is 4. The first-order valence-corrected chi connectivity index (χ1v) is 13.9. The Morgan fingerprint density at radius 1 is 1.02 bits per heavy atom. The Morgan fingerprint density at radius 3 is 2.41 bits per heavy atom. The lowest BCUT2D eigenvalue weighted by atomic mass is 9.86. The molecule has 1 aliphatic heterocycles. The molecule has 2 fully saturated rings. The molecule has 11 heteroatoms. The molecule has 9 nitrogen and oxygen atoms in total. The zero-order chi connectivity index (χ0) is 28.3. The number of aliphatic hydroxyl groups is 1. The fraction of sp³-hybridized carbons (Fsp3) is 0.367. The van der Waals surface area contributed by atoms with E-state index in [4.69, 9.17) is 9.72 Å². The Morgan fingerprint density at radius 2 is 1.73 bits per heavy atom. The van der Waals surface area contributed by atoms with Crippen LogP contribution in [-0.4, -0.2) is 64.8 Å². The monoisotopic (exact) mass is 562 g/mol. The van der Waals surface area contributed by atoms with Crippen LogP contribution in [0.25, 0.3) is 11.0 Å². The molecule has 1 aliphatic carbocycles. The normalized spacial score (nSPS) is 19.3. The first-order valence-electron chi connectivity index (χ1n) is 13.9. The van der Waals surface area contributed by atoms with Crippen LogP contribution in [-0.2, 0) is 4.74 Å². The number of hydrogen-bond acceptors (Lipinski definition) is 8. The van der Waals surface area contributed by atoms with Crippen molar-refractivity contribution in [3.63, 3.8) is 0 Å². The maximum absolute atomic E-state index is 13.9. The van der Waals surface area contributed by atoms with Gasteiger partial charge in [0.2, 0.25) is 5.95 Å². The molecule has 0 amide bonds. The topological polar surface area (TPSA) is 115 Å². The second-order valence-electron chi connectivity index (χ2n) is 10.6. The molecule has 4 N–H and O–H groups in total. The van der Waals surface area contributed by atoms with E-state index < -0.39 is 17.4 Å². The molecule has 0 radical (unpaired) electrons. The number of ketones is 1. The summed E-state index contributed by atoms with van der Waals surface area (Å²) in [5.41, 5.74) is 2.45. The largest absolute Gasteiger partial charge is 0.396 e. The van der Waals surface area contributed by atoms with Crippen molar-refractivity contribution in [2.75, 3.05) is 48.4 Å². The van der Waals surface area contributed by atoms with Gasteiger partial charge in [0.25, 0.3) is 0 Å². The molecule has 6 rings (SSSR count). The van der Waals surface area contributed by atoms with Crippen molar-refractivity contribution in [1.82, 2.24) is 15.0 Å². The summed E-state index contributed by atoms with van der Waals surface area (Å²) in [7, 11) is 0. The average molecular weight is 563 g/mol. The summed E-state index contributed by atoms with van der Waals surface area (Å²) in [5, 5.41) is 16.7. The second kappa shape index (κ2) is 11.8. The van der Waals surface area contributed by atoms with Crippen LogP contribution in [0.2, 0.25) is 0 Å². The lowest BCUT2D eigenvalue weighted by Gasteiger charge is -2.29. The van der Waals surface area contributed by atoms with Crippen LogP contribution in [0.15, 0.2) is 48.7 Å². The Hall–Kier alpha value is -4.09. The minimum absolute atomic E-state index is 0.0843. The number of rotatable bonds is 8. The van der Waals surface area contributed by atoms with E-state index in [1.807, 2.05) is 24.3 Å². The molecule has 2 aromatic heterocycles. The van der Waals surface area contributed by atoms with E-state index in [-0.39, 0.29) is 29.7 Å². The van der Waals surface area contributed by atoms with Crippen molar-refractivity contribution >= 4 is 40.0 Å². The van der Waals surface area contributed by atoms with Crippen LogP contribution < -0.4 is 15.5 Å². The van der Waals surface area contributed by atoms with Crippen LogP contribution in [0.4, 0.5) is 31.9 Å². The Bertz CT molecular complexity index is 1510. The van der Waals surface area contributed by atoms with Gasteiger partial charge in [-0.1, -0.05) is 0 Å². The summed E-state index contributed by atoms with van der Waals surface area (Å²) in [6, 6.07) is 10.9. The van der Waals surface area contributed by atoms with E-state index in [2.05, 4.69) is 25.5 Å². The predicted molar refractivity (Wildman–Crippen MR) is 153 cm³/mol. The van der Waals surface area contributed by atoms with Crippen LogP contribution in [0.1, 0.15) is 41.6 Å². The number of aromatic amines is 1. The zero-order valence-corrected chi connectivity index (χ0v) is 22.5. The highest BCUT2D eigenvalue weighted by Gasteiger charge is 2.25. The smallest absolute Gasteiger partial charge is 0.231 e. The predicted octanol–water partition coefficient (Wildman–Crippen LogP) is 5.01. The number of nitrogens with zero attached hydrogens (tertiary/aromatic N) is 3. The molecule has 1 saturated carbocycles. The van der Waals surface area contributed by atoms with Gasteiger partial charge in [-0.25, -0.2) is 8.78 Å². The van der Waals surface area contributed by atoms with Gasteiger partial charge < -0.3 is 30.4 Å². The van der Waals surface area contributed by atoms with Gasteiger partial charge >= 0.3 is 0 Å². The Kier molecular flexibility index (Phi) is 7.80. The van der Waals surface area contributed by atoms with Gasteiger partial charge in [-0.05, 0) is 68.0 Å². The molecule has 0 spiro atoms. The van der Waals surface area contributed by atoms with Crippen molar-refractivity contribution in [1.29, 1.82) is 0 Å². The quantitative estimate of drug-likeness (QED) is 0.222. The summed E-state index contributed by atoms with van der Waals surface area (Å²) in [6.45, 7) is 3.28. The van der Waals surface area contributed by atoms with Crippen molar-refractivity contribution < 1.29 is 23.4 Å². The van der Waals surface area contributed by atoms with E-state index in [0.717, 1.165) is 68.3 Å². The van der Waals surface area contributed by atoms with Gasteiger partial charge in [-0.3, -0.25) is 4.79 Å².